The van der Waals surface area contributed by atoms with E-state index in [-0.39, 0.29) is 11.9 Å². The minimum atomic E-state index is -0.0193. The van der Waals surface area contributed by atoms with E-state index in [0.717, 1.165) is 11.3 Å². The summed E-state index contributed by atoms with van der Waals surface area (Å²) in [7, 11) is 0. The van der Waals surface area contributed by atoms with Gasteiger partial charge in [0.25, 0.3) is 0 Å². The average molecular weight is 270 g/mol. The predicted molar refractivity (Wildman–Crippen MR) is 78.3 cm³/mol. The average Bonchev–Trinajstić information content (AvgIpc) is 2.53. The van der Waals surface area contributed by atoms with Crippen molar-refractivity contribution in [3.63, 3.8) is 0 Å². The van der Waals surface area contributed by atoms with E-state index in [1.807, 2.05) is 48.5 Å². The number of nitrogens with two attached hydrogens (primary N) is 1. The summed E-state index contributed by atoms with van der Waals surface area (Å²) in [4.78, 5) is 4.27. The number of nitrogens with zero attached hydrogens (tertiary/aromatic N) is 2. The highest BCUT2D eigenvalue weighted by Crippen LogP contribution is 2.17. The van der Waals surface area contributed by atoms with E-state index in [1.54, 1.807) is 6.20 Å². The molecule has 1 atom stereocenters. The van der Waals surface area contributed by atoms with Crippen LogP contribution in [-0.4, -0.2) is 16.0 Å². The van der Waals surface area contributed by atoms with Gasteiger partial charge in [0.15, 0.2) is 0 Å². The van der Waals surface area contributed by atoms with Gasteiger partial charge in [-0.2, -0.15) is 0 Å². The van der Waals surface area contributed by atoms with Gasteiger partial charge >= 0.3 is 0 Å². The SMILES string of the molecule is NC(CC(NCc1ccccn1)c1ccccc1)=NO. The summed E-state index contributed by atoms with van der Waals surface area (Å²) in [5, 5.41) is 15.2. The highest BCUT2D eigenvalue weighted by Gasteiger charge is 2.13. The molecule has 5 nitrogen and oxygen atoms in total. The zero-order valence-electron chi connectivity index (χ0n) is 11.1. The third kappa shape index (κ3) is 4.07. The zero-order valence-corrected chi connectivity index (χ0v) is 11.1. The molecule has 2 aromatic rings. The summed E-state index contributed by atoms with van der Waals surface area (Å²) >= 11 is 0. The molecule has 0 radical (unpaired) electrons. The Kier molecular flexibility index (Phi) is 5.08. The first-order valence-corrected chi connectivity index (χ1v) is 6.44. The van der Waals surface area contributed by atoms with Crippen molar-refractivity contribution in [2.75, 3.05) is 0 Å². The van der Waals surface area contributed by atoms with E-state index in [0.29, 0.717) is 13.0 Å². The first-order chi connectivity index (χ1) is 9.79. The van der Waals surface area contributed by atoms with Crippen LogP contribution in [0.4, 0.5) is 0 Å². The van der Waals surface area contributed by atoms with Gasteiger partial charge in [-0.1, -0.05) is 41.6 Å². The van der Waals surface area contributed by atoms with Gasteiger partial charge in [-0.25, -0.2) is 0 Å². The highest BCUT2D eigenvalue weighted by atomic mass is 16.4. The van der Waals surface area contributed by atoms with Gasteiger partial charge in [-0.3, -0.25) is 4.98 Å². The molecule has 0 aliphatic heterocycles. The molecule has 0 saturated carbocycles. The van der Waals surface area contributed by atoms with E-state index in [4.69, 9.17) is 10.9 Å². The Bertz CT molecular complexity index is 542. The molecule has 4 N–H and O–H groups in total. The lowest BCUT2D eigenvalue weighted by Gasteiger charge is -2.18. The molecule has 1 heterocycles. The highest BCUT2D eigenvalue weighted by molar-refractivity contribution is 5.80. The molecule has 0 spiro atoms. The molecule has 20 heavy (non-hydrogen) atoms. The molecule has 1 aromatic carbocycles. The summed E-state index contributed by atoms with van der Waals surface area (Å²) in [5.74, 6) is 0.201. The third-order valence-corrected chi connectivity index (χ3v) is 3.00. The van der Waals surface area contributed by atoms with Crippen LogP contribution < -0.4 is 11.1 Å². The van der Waals surface area contributed by atoms with Gasteiger partial charge in [0.2, 0.25) is 0 Å². The molecule has 1 unspecified atom stereocenters. The summed E-state index contributed by atoms with van der Waals surface area (Å²) in [5.41, 5.74) is 7.67. The first kappa shape index (κ1) is 14.0. The molecule has 0 bridgehead atoms. The number of nitrogens with one attached hydrogen (secondary N) is 1. The summed E-state index contributed by atoms with van der Waals surface area (Å²) < 4.78 is 0. The van der Waals surface area contributed by atoms with Crippen LogP contribution in [0.2, 0.25) is 0 Å². The van der Waals surface area contributed by atoms with Crippen molar-refractivity contribution in [2.45, 2.75) is 19.0 Å². The second kappa shape index (κ2) is 7.25. The summed E-state index contributed by atoms with van der Waals surface area (Å²) in [6.07, 6.45) is 2.20. The number of amidine groups is 1. The lowest BCUT2D eigenvalue weighted by molar-refractivity contribution is 0.315. The van der Waals surface area contributed by atoms with Crippen molar-refractivity contribution < 1.29 is 5.21 Å². The second-order valence-corrected chi connectivity index (χ2v) is 4.46. The van der Waals surface area contributed by atoms with Gasteiger partial charge < -0.3 is 16.3 Å². The van der Waals surface area contributed by atoms with Crippen LogP contribution >= 0.6 is 0 Å². The Balaban J connectivity index is 2.07. The maximum absolute atomic E-state index is 8.74. The van der Waals surface area contributed by atoms with E-state index in [2.05, 4.69) is 15.5 Å². The van der Waals surface area contributed by atoms with E-state index < -0.39 is 0 Å². The lowest BCUT2D eigenvalue weighted by atomic mass is 10.0. The summed E-state index contributed by atoms with van der Waals surface area (Å²) in [6, 6.07) is 15.7. The van der Waals surface area contributed by atoms with Crippen LogP contribution in [0.25, 0.3) is 0 Å². The molecule has 0 fully saturated rings. The Morgan fingerprint density at radius 1 is 1.20 bits per heavy atom. The van der Waals surface area contributed by atoms with Crippen molar-refractivity contribution >= 4 is 5.84 Å². The minimum absolute atomic E-state index is 0.0193. The van der Waals surface area contributed by atoms with Gasteiger partial charge in [0.05, 0.1) is 5.69 Å². The number of hydrogen-bond acceptors (Lipinski definition) is 4. The fourth-order valence-electron chi connectivity index (χ4n) is 1.97. The molecule has 104 valence electrons. The topological polar surface area (TPSA) is 83.5 Å². The molecule has 2 rings (SSSR count). The standard InChI is InChI=1S/C15H18N4O/c16-15(19-20)10-14(12-6-2-1-3-7-12)18-11-13-8-4-5-9-17-13/h1-9,14,18,20H,10-11H2,(H2,16,19). The molecule has 0 aliphatic rings. The van der Waals surface area contributed by atoms with Crippen LogP contribution in [0.3, 0.4) is 0 Å². The van der Waals surface area contributed by atoms with Crippen LogP contribution in [-0.2, 0) is 6.54 Å². The molecule has 5 heteroatoms. The molecule has 0 amide bonds. The third-order valence-electron chi connectivity index (χ3n) is 3.00. The van der Waals surface area contributed by atoms with Gasteiger partial charge in [-0.15, -0.1) is 0 Å². The smallest absolute Gasteiger partial charge is 0.141 e. The maximum atomic E-state index is 8.74. The second-order valence-electron chi connectivity index (χ2n) is 4.46. The monoisotopic (exact) mass is 270 g/mol. The Labute approximate surface area is 118 Å². The largest absolute Gasteiger partial charge is 0.409 e. The Morgan fingerprint density at radius 2 is 1.95 bits per heavy atom. The molecule has 1 aromatic heterocycles. The minimum Gasteiger partial charge on any atom is -0.409 e. The molecular formula is C15H18N4O. The van der Waals surface area contributed by atoms with Crippen LogP contribution in [0.5, 0.6) is 0 Å². The van der Waals surface area contributed by atoms with Crippen molar-refractivity contribution in [3.05, 3.63) is 66.0 Å². The van der Waals surface area contributed by atoms with Crippen molar-refractivity contribution in [2.24, 2.45) is 10.9 Å². The Hall–Kier alpha value is -2.40. The maximum Gasteiger partial charge on any atom is 0.141 e. The normalized spacial score (nSPS) is 13.1. The van der Waals surface area contributed by atoms with Crippen LogP contribution in [0.1, 0.15) is 23.7 Å². The van der Waals surface area contributed by atoms with Crippen LogP contribution in [0.15, 0.2) is 59.9 Å². The zero-order chi connectivity index (χ0) is 14.2. The number of benzene rings is 1. The summed E-state index contributed by atoms with van der Waals surface area (Å²) in [6.45, 7) is 0.624. The number of pyridine rings is 1. The lowest BCUT2D eigenvalue weighted by Crippen LogP contribution is -2.27. The van der Waals surface area contributed by atoms with Crippen LogP contribution in [0, 0.1) is 0 Å². The first-order valence-electron chi connectivity index (χ1n) is 6.44. The van der Waals surface area contributed by atoms with Crippen molar-refractivity contribution in [3.8, 4) is 0 Å². The van der Waals surface area contributed by atoms with Gasteiger partial charge in [-0.05, 0) is 17.7 Å². The number of rotatable bonds is 6. The van der Waals surface area contributed by atoms with Gasteiger partial charge in [0, 0.05) is 25.2 Å². The van der Waals surface area contributed by atoms with E-state index in [9.17, 15) is 0 Å². The van der Waals surface area contributed by atoms with Gasteiger partial charge in [0.1, 0.15) is 5.84 Å². The molecular weight excluding hydrogens is 252 g/mol. The molecule has 0 saturated heterocycles. The Morgan fingerprint density at radius 3 is 2.60 bits per heavy atom. The molecule has 0 aliphatic carbocycles. The van der Waals surface area contributed by atoms with Crippen molar-refractivity contribution in [1.29, 1.82) is 0 Å². The number of oxime groups is 1. The fraction of sp³-hybridized carbons (Fsp3) is 0.200. The fourth-order valence-corrected chi connectivity index (χ4v) is 1.97. The number of aromatic nitrogens is 1. The predicted octanol–water partition coefficient (Wildman–Crippen LogP) is 2.05. The van der Waals surface area contributed by atoms with Crippen molar-refractivity contribution in [1.82, 2.24) is 10.3 Å². The quantitative estimate of drug-likeness (QED) is 0.325. The number of hydrogen-bond donors (Lipinski definition) is 3. The van der Waals surface area contributed by atoms with E-state index >= 15 is 0 Å². The van der Waals surface area contributed by atoms with E-state index in [1.165, 1.54) is 0 Å².